The third-order valence-corrected chi connectivity index (χ3v) is 7.73. The summed E-state index contributed by atoms with van der Waals surface area (Å²) in [6, 6.07) is 22.1. The van der Waals surface area contributed by atoms with Crippen molar-refractivity contribution in [2.75, 3.05) is 32.2 Å². The van der Waals surface area contributed by atoms with Gasteiger partial charge in [-0.05, 0) is 48.4 Å². The number of hydrogen-bond donors (Lipinski definition) is 0. The fourth-order valence-electron chi connectivity index (χ4n) is 5.81. The number of para-hydroxylation sites is 1. The van der Waals surface area contributed by atoms with Gasteiger partial charge in [-0.15, -0.1) is 0 Å². The molecular formula is C31H35N2O+. The van der Waals surface area contributed by atoms with Crippen molar-refractivity contribution in [3.8, 4) is 0 Å². The molecule has 3 heteroatoms. The van der Waals surface area contributed by atoms with Gasteiger partial charge in [0.05, 0.1) is 12.0 Å². The number of fused-ring (bicyclic) bond motifs is 3. The topological polar surface area (TPSA) is 15.5 Å². The summed E-state index contributed by atoms with van der Waals surface area (Å²) in [7, 11) is 3.95. The highest BCUT2D eigenvalue weighted by atomic mass is 16.5. The van der Waals surface area contributed by atoms with Crippen LogP contribution in [-0.2, 0) is 15.6 Å². The number of anilines is 1. The van der Waals surface area contributed by atoms with Crippen LogP contribution >= 0.6 is 0 Å². The fraction of sp³-hybridized carbons (Fsp3) is 0.323. The standard InChI is InChI=1S/C31H35N2O/c1-30(2)24-14-9-10-15-26(24)32(5)28(30)16-11-17-29-31(3,4)25-20-22-12-7-8-13-23(22)21-27(25)33(29)18-19-34-6/h7-17,20-21H,18-19H2,1-6H3/q+1. The first-order valence-corrected chi connectivity index (χ1v) is 12.2. The molecule has 2 aliphatic rings. The van der Waals surface area contributed by atoms with E-state index in [1.54, 1.807) is 7.11 Å². The SMILES string of the molecule is COCCN1C(=CC=CC2=[N+](C)c3ccccc3C2(C)C)C(C)(C)c2cc3ccccc3cc21. The summed E-state index contributed by atoms with van der Waals surface area (Å²) >= 11 is 0. The van der Waals surface area contributed by atoms with Crippen LogP contribution in [0.25, 0.3) is 10.8 Å². The van der Waals surface area contributed by atoms with Crippen molar-refractivity contribution in [1.29, 1.82) is 0 Å². The van der Waals surface area contributed by atoms with Crippen LogP contribution in [-0.4, -0.2) is 37.6 Å². The maximum Gasteiger partial charge on any atom is 0.209 e. The minimum atomic E-state index is -0.0951. The Morgan fingerprint density at radius 3 is 2.26 bits per heavy atom. The Labute approximate surface area is 203 Å². The van der Waals surface area contributed by atoms with Crippen molar-refractivity contribution < 1.29 is 9.31 Å². The zero-order chi connectivity index (χ0) is 24.1. The highest BCUT2D eigenvalue weighted by Gasteiger charge is 2.43. The van der Waals surface area contributed by atoms with Crippen molar-refractivity contribution in [2.24, 2.45) is 0 Å². The van der Waals surface area contributed by atoms with Crippen molar-refractivity contribution in [3.63, 3.8) is 0 Å². The lowest BCUT2D eigenvalue weighted by Gasteiger charge is -2.26. The Balaban J connectivity index is 1.57. The lowest BCUT2D eigenvalue weighted by Crippen LogP contribution is -2.29. The molecule has 0 fully saturated rings. The number of benzene rings is 3. The predicted molar refractivity (Wildman–Crippen MR) is 144 cm³/mol. The first kappa shape index (κ1) is 22.6. The smallest absolute Gasteiger partial charge is 0.209 e. The number of rotatable bonds is 5. The van der Waals surface area contributed by atoms with Gasteiger partial charge in [-0.3, -0.25) is 0 Å². The van der Waals surface area contributed by atoms with E-state index in [1.165, 1.54) is 44.7 Å². The highest BCUT2D eigenvalue weighted by Crippen LogP contribution is 2.49. The quantitative estimate of drug-likeness (QED) is 0.400. The Morgan fingerprint density at radius 2 is 1.56 bits per heavy atom. The molecule has 0 amide bonds. The maximum absolute atomic E-state index is 5.49. The molecule has 3 nitrogen and oxygen atoms in total. The molecule has 0 saturated heterocycles. The Kier molecular flexibility index (Phi) is 5.49. The molecule has 0 saturated carbocycles. The summed E-state index contributed by atoms with van der Waals surface area (Å²) in [4.78, 5) is 2.44. The molecular weight excluding hydrogens is 416 g/mol. The molecule has 2 aliphatic heterocycles. The van der Waals surface area contributed by atoms with E-state index in [4.69, 9.17) is 4.74 Å². The summed E-state index contributed by atoms with van der Waals surface area (Å²) in [6.45, 7) is 10.8. The maximum atomic E-state index is 5.49. The van der Waals surface area contributed by atoms with Gasteiger partial charge in [-0.1, -0.05) is 62.4 Å². The molecule has 0 radical (unpaired) electrons. The van der Waals surface area contributed by atoms with Gasteiger partial charge in [-0.25, -0.2) is 0 Å². The number of hydrogen-bond acceptors (Lipinski definition) is 2. The zero-order valence-electron chi connectivity index (χ0n) is 21.2. The van der Waals surface area contributed by atoms with Crippen LogP contribution in [0.4, 0.5) is 11.4 Å². The Hall–Kier alpha value is -3.17. The van der Waals surface area contributed by atoms with E-state index in [1.807, 2.05) is 0 Å². The van der Waals surface area contributed by atoms with Gasteiger partial charge in [0, 0.05) is 48.2 Å². The highest BCUT2D eigenvalue weighted by molar-refractivity contribution is 6.03. The second kappa shape index (κ2) is 8.25. The van der Waals surface area contributed by atoms with Crippen molar-refractivity contribution in [2.45, 2.75) is 38.5 Å². The molecule has 0 aliphatic carbocycles. The average Bonchev–Trinajstić information content (AvgIpc) is 3.15. The number of methoxy groups -OCH3 is 1. The molecule has 3 aromatic rings. The van der Waals surface area contributed by atoms with E-state index in [0.717, 1.165) is 6.54 Å². The van der Waals surface area contributed by atoms with Gasteiger partial charge >= 0.3 is 0 Å². The van der Waals surface area contributed by atoms with Crippen molar-refractivity contribution >= 4 is 27.9 Å². The molecule has 0 N–H and O–H groups in total. The largest absolute Gasteiger partial charge is 0.383 e. The van der Waals surface area contributed by atoms with Crippen LogP contribution in [0, 0.1) is 0 Å². The fourth-order valence-corrected chi connectivity index (χ4v) is 5.81. The minimum absolute atomic E-state index is 0.0258. The minimum Gasteiger partial charge on any atom is -0.383 e. The summed E-state index contributed by atoms with van der Waals surface area (Å²) in [6.07, 6.45) is 6.83. The van der Waals surface area contributed by atoms with Gasteiger partial charge < -0.3 is 9.64 Å². The summed E-state index contributed by atoms with van der Waals surface area (Å²) < 4.78 is 7.82. The van der Waals surface area contributed by atoms with E-state index in [0.29, 0.717) is 6.61 Å². The van der Waals surface area contributed by atoms with Gasteiger partial charge in [0.15, 0.2) is 5.71 Å². The Morgan fingerprint density at radius 1 is 0.882 bits per heavy atom. The lowest BCUT2D eigenvalue weighted by molar-refractivity contribution is -0.401. The zero-order valence-corrected chi connectivity index (χ0v) is 21.2. The van der Waals surface area contributed by atoms with Crippen LogP contribution < -0.4 is 4.90 Å². The second-order valence-electron chi connectivity index (χ2n) is 10.5. The van der Waals surface area contributed by atoms with E-state index >= 15 is 0 Å². The molecule has 34 heavy (non-hydrogen) atoms. The van der Waals surface area contributed by atoms with Crippen LogP contribution in [0.5, 0.6) is 0 Å². The molecule has 0 unspecified atom stereocenters. The number of nitrogens with zero attached hydrogens (tertiary/aromatic N) is 2. The molecule has 5 rings (SSSR count). The first-order chi connectivity index (χ1) is 16.3. The third-order valence-electron chi connectivity index (χ3n) is 7.73. The lowest BCUT2D eigenvalue weighted by atomic mass is 9.81. The Bertz CT molecular complexity index is 1360. The monoisotopic (exact) mass is 451 g/mol. The number of allylic oxidation sites excluding steroid dienone is 4. The predicted octanol–water partition coefficient (Wildman–Crippen LogP) is 6.73. The van der Waals surface area contributed by atoms with E-state index in [9.17, 15) is 0 Å². The van der Waals surface area contributed by atoms with E-state index in [-0.39, 0.29) is 10.8 Å². The molecule has 0 spiro atoms. The van der Waals surface area contributed by atoms with Crippen LogP contribution in [0.1, 0.15) is 38.8 Å². The van der Waals surface area contributed by atoms with Gasteiger partial charge in [-0.2, -0.15) is 4.58 Å². The molecule has 0 aromatic heterocycles. The van der Waals surface area contributed by atoms with Gasteiger partial charge in [0.25, 0.3) is 0 Å². The second-order valence-corrected chi connectivity index (χ2v) is 10.5. The van der Waals surface area contributed by atoms with E-state index < -0.39 is 0 Å². The third kappa shape index (κ3) is 3.42. The van der Waals surface area contributed by atoms with Gasteiger partial charge in [0.2, 0.25) is 5.69 Å². The van der Waals surface area contributed by atoms with Crippen LogP contribution in [0.3, 0.4) is 0 Å². The van der Waals surface area contributed by atoms with E-state index in [2.05, 4.69) is 123 Å². The molecule has 2 heterocycles. The van der Waals surface area contributed by atoms with Crippen LogP contribution in [0.15, 0.2) is 84.6 Å². The first-order valence-electron chi connectivity index (χ1n) is 12.2. The van der Waals surface area contributed by atoms with Gasteiger partial charge in [0.1, 0.15) is 7.05 Å². The van der Waals surface area contributed by atoms with Crippen LogP contribution in [0.2, 0.25) is 0 Å². The van der Waals surface area contributed by atoms with Crippen molar-refractivity contribution in [1.82, 2.24) is 0 Å². The summed E-state index contributed by atoms with van der Waals surface area (Å²) in [5, 5.41) is 2.57. The molecule has 0 bridgehead atoms. The average molecular weight is 452 g/mol. The molecule has 0 atom stereocenters. The molecule has 174 valence electrons. The van der Waals surface area contributed by atoms with Crippen molar-refractivity contribution in [3.05, 3.63) is 95.7 Å². The normalized spacial score (nSPS) is 19.5. The summed E-state index contributed by atoms with van der Waals surface area (Å²) in [5.74, 6) is 0. The number of ether oxygens (including phenoxy) is 1. The molecule has 3 aromatic carbocycles. The summed E-state index contributed by atoms with van der Waals surface area (Å²) in [5.41, 5.74) is 7.84.